The van der Waals surface area contributed by atoms with Crippen LogP contribution in [0.2, 0.25) is 10.0 Å². The minimum absolute atomic E-state index is 0.543. The molecule has 0 radical (unpaired) electrons. The van der Waals surface area contributed by atoms with Crippen LogP contribution < -0.4 is 10.3 Å². The van der Waals surface area contributed by atoms with Crippen molar-refractivity contribution in [3.05, 3.63) is 70.7 Å². The van der Waals surface area contributed by atoms with E-state index in [4.69, 9.17) is 23.2 Å². The Bertz CT molecular complexity index is 680. The van der Waals surface area contributed by atoms with E-state index in [0.29, 0.717) is 10.0 Å². The van der Waals surface area contributed by atoms with E-state index in [-0.39, 0.29) is 0 Å². The van der Waals surface area contributed by atoms with Gasteiger partial charge in [-0.25, -0.2) is 5.01 Å². The second-order valence-electron chi connectivity index (χ2n) is 5.53. The van der Waals surface area contributed by atoms with E-state index >= 15 is 0 Å². The molecule has 5 heteroatoms. The number of piperazine rings is 1. The van der Waals surface area contributed by atoms with Crippen LogP contribution in [0.1, 0.15) is 5.56 Å². The first-order valence-electron chi connectivity index (χ1n) is 7.59. The molecule has 0 bridgehead atoms. The first-order valence-corrected chi connectivity index (χ1v) is 8.35. The van der Waals surface area contributed by atoms with Crippen molar-refractivity contribution in [2.75, 3.05) is 31.1 Å². The van der Waals surface area contributed by atoms with Gasteiger partial charge in [0.25, 0.3) is 0 Å². The van der Waals surface area contributed by atoms with Gasteiger partial charge in [0, 0.05) is 37.6 Å². The van der Waals surface area contributed by atoms with Crippen LogP contribution in [0.5, 0.6) is 0 Å². The maximum Gasteiger partial charge on any atom is 0.0599 e. The second-order valence-corrected chi connectivity index (χ2v) is 6.34. The van der Waals surface area contributed by atoms with E-state index in [1.54, 1.807) is 6.07 Å². The van der Waals surface area contributed by atoms with Crippen LogP contribution in [0.25, 0.3) is 5.70 Å². The van der Waals surface area contributed by atoms with Gasteiger partial charge in [-0.05, 0) is 29.8 Å². The third kappa shape index (κ3) is 3.99. The molecule has 0 aliphatic carbocycles. The fraction of sp³-hybridized carbons (Fsp3) is 0.222. The summed E-state index contributed by atoms with van der Waals surface area (Å²) in [4.78, 5) is 2.39. The Morgan fingerprint density at radius 1 is 0.913 bits per heavy atom. The number of nitrogens with zero attached hydrogens (tertiary/aromatic N) is 2. The van der Waals surface area contributed by atoms with E-state index < -0.39 is 0 Å². The predicted octanol–water partition coefficient (Wildman–Crippen LogP) is 4.29. The van der Waals surface area contributed by atoms with Gasteiger partial charge in [0.15, 0.2) is 0 Å². The summed E-state index contributed by atoms with van der Waals surface area (Å²) in [7, 11) is 0. The van der Waals surface area contributed by atoms with Gasteiger partial charge in [-0.1, -0.05) is 54.0 Å². The summed E-state index contributed by atoms with van der Waals surface area (Å²) in [5, 5.41) is 3.28. The maximum atomic E-state index is 6.07. The van der Waals surface area contributed by atoms with Gasteiger partial charge in [0.05, 0.1) is 10.0 Å². The molecule has 120 valence electrons. The lowest BCUT2D eigenvalue weighted by Gasteiger charge is -2.37. The van der Waals surface area contributed by atoms with Gasteiger partial charge in [-0.15, -0.1) is 0 Å². The summed E-state index contributed by atoms with van der Waals surface area (Å²) >= 11 is 12.0. The molecule has 1 N–H and O–H groups in total. The lowest BCUT2D eigenvalue weighted by atomic mass is 10.2. The number of anilines is 1. The molecule has 23 heavy (non-hydrogen) atoms. The van der Waals surface area contributed by atoms with Crippen molar-refractivity contribution in [1.82, 2.24) is 10.4 Å². The van der Waals surface area contributed by atoms with Crippen molar-refractivity contribution in [3.8, 4) is 0 Å². The molecule has 0 unspecified atom stereocenters. The number of hydrazine groups is 1. The van der Waals surface area contributed by atoms with Crippen LogP contribution in [-0.4, -0.2) is 31.2 Å². The molecule has 3 nitrogen and oxygen atoms in total. The van der Waals surface area contributed by atoms with Gasteiger partial charge in [0.1, 0.15) is 0 Å². The van der Waals surface area contributed by atoms with Crippen LogP contribution in [-0.2, 0) is 0 Å². The van der Waals surface area contributed by atoms with Crippen molar-refractivity contribution < 1.29 is 0 Å². The molecule has 2 aromatic carbocycles. The standard InChI is InChI=1S/C18H19Cl2N3/c1-14(15-7-8-17(19)18(20)13-15)21-23-11-9-22(10-12-23)16-5-3-2-4-6-16/h2-8,13,21H,1,9-12H2. The average Bonchev–Trinajstić information content (AvgIpc) is 2.59. The number of hydrogen-bond acceptors (Lipinski definition) is 3. The highest BCUT2D eigenvalue weighted by Gasteiger charge is 2.17. The molecular formula is C18H19Cl2N3. The molecule has 3 rings (SSSR count). The minimum atomic E-state index is 0.543. The first-order chi connectivity index (χ1) is 11.1. The number of halogens is 2. The summed E-state index contributed by atoms with van der Waals surface area (Å²) < 4.78 is 0. The summed E-state index contributed by atoms with van der Waals surface area (Å²) in [6, 6.07) is 16.0. The monoisotopic (exact) mass is 347 g/mol. The van der Waals surface area contributed by atoms with Crippen molar-refractivity contribution in [1.29, 1.82) is 0 Å². The summed E-state index contributed by atoms with van der Waals surface area (Å²) in [6.45, 7) is 7.91. The molecule has 1 heterocycles. The van der Waals surface area contributed by atoms with Crippen molar-refractivity contribution in [2.24, 2.45) is 0 Å². The molecule has 1 aliphatic heterocycles. The molecule has 1 saturated heterocycles. The van der Waals surface area contributed by atoms with Crippen LogP contribution in [0.15, 0.2) is 55.1 Å². The lowest BCUT2D eigenvalue weighted by molar-refractivity contribution is 0.215. The molecular weight excluding hydrogens is 329 g/mol. The number of nitrogens with one attached hydrogen (secondary N) is 1. The SMILES string of the molecule is C=C(NN1CCN(c2ccccc2)CC1)c1ccc(Cl)c(Cl)c1. The zero-order valence-electron chi connectivity index (χ0n) is 12.8. The molecule has 1 fully saturated rings. The van der Waals surface area contributed by atoms with Crippen LogP contribution in [0, 0.1) is 0 Å². The van der Waals surface area contributed by atoms with E-state index in [2.05, 4.69) is 46.2 Å². The minimum Gasteiger partial charge on any atom is -0.369 e. The van der Waals surface area contributed by atoms with E-state index in [9.17, 15) is 0 Å². The number of benzene rings is 2. The van der Waals surface area contributed by atoms with Gasteiger partial charge in [0.2, 0.25) is 0 Å². The fourth-order valence-electron chi connectivity index (χ4n) is 2.65. The average molecular weight is 348 g/mol. The number of hydrogen-bond donors (Lipinski definition) is 1. The molecule has 0 saturated carbocycles. The van der Waals surface area contributed by atoms with E-state index in [1.165, 1.54) is 5.69 Å². The Morgan fingerprint density at radius 2 is 1.61 bits per heavy atom. The number of para-hydroxylation sites is 1. The summed E-state index contributed by atoms with van der Waals surface area (Å²) in [5.41, 5.74) is 6.42. The Hall–Kier alpha value is -1.68. The Balaban J connectivity index is 1.56. The summed E-state index contributed by atoms with van der Waals surface area (Å²) in [6.07, 6.45) is 0. The smallest absolute Gasteiger partial charge is 0.0599 e. The maximum absolute atomic E-state index is 6.07. The van der Waals surface area contributed by atoms with Gasteiger partial charge in [-0.3, -0.25) is 0 Å². The van der Waals surface area contributed by atoms with Crippen molar-refractivity contribution >= 4 is 34.6 Å². The Morgan fingerprint density at radius 3 is 2.26 bits per heavy atom. The van der Waals surface area contributed by atoms with E-state index in [1.807, 2.05) is 18.2 Å². The molecule has 0 aromatic heterocycles. The lowest BCUT2D eigenvalue weighted by Crippen LogP contribution is -2.51. The third-order valence-corrected chi connectivity index (χ3v) is 4.70. The van der Waals surface area contributed by atoms with E-state index in [0.717, 1.165) is 37.4 Å². The Labute approximate surface area is 147 Å². The van der Waals surface area contributed by atoms with Crippen LogP contribution in [0.4, 0.5) is 5.69 Å². The highest BCUT2D eigenvalue weighted by atomic mass is 35.5. The molecule has 0 amide bonds. The summed E-state index contributed by atoms with van der Waals surface area (Å²) in [5.74, 6) is 0. The largest absolute Gasteiger partial charge is 0.369 e. The zero-order chi connectivity index (χ0) is 16.2. The zero-order valence-corrected chi connectivity index (χ0v) is 14.3. The third-order valence-electron chi connectivity index (χ3n) is 3.96. The highest BCUT2D eigenvalue weighted by Crippen LogP contribution is 2.25. The predicted molar refractivity (Wildman–Crippen MR) is 98.9 cm³/mol. The highest BCUT2D eigenvalue weighted by molar-refractivity contribution is 6.42. The molecule has 0 spiro atoms. The quantitative estimate of drug-likeness (QED) is 0.889. The number of rotatable bonds is 4. The van der Waals surface area contributed by atoms with Gasteiger partial charge >= 0.3 is 0 Å². The molecule has 0 atom stereocenters. The van der Waals surface area contributed by atoms with Crippen molar-refractivity contribution in [2.45, 2.75) is 0 Å². The Kier molecular flexibility index (Phi) is 5.11. The van der Waals surface area contributed by atoms with Crippen LogP contribution >= 0.6 is 23.2 Å². The molecule has 1 aliphatic rings. The molecule has 2 aromatic rings. The fourth-order valence-corrected chi connectivity index (χ4v) is 2.95. The van der Waals surface area contributed by atoms with Gasteiger partial charge in [-0.2, -0.15) is 0 Å². The second kappa shape index (κ2) is 7.26. The van der Waals surface area contributed by atoms with Crippen LogP contribution in [0.3, 0.4) is 0 Å². The topological polar surface area (TPSA) is 18.5 Å². The van der Waals surface area contributed by atoms with Gasteiger partial charge < -0.3 is 10.3 Å². The van der Waals surface area contributed by atoms with Crippen molar-refractivity contribution in [3.63, 3.8) is 0 Å². The normalized spacial score (nSPS) is 15.5. The first kappa shape index (κ1) is 16.2.